The summed E-state index contributed by atoms with van der Waals surface area (Å²) in [5.74, 6) is -1.42. The van der Waals surface area contributed by atoms with Crippen LogP contribution in [-0.4, -0.2) is 53.7 Å². The van der Waals surface area contributed by atoms with E-state index < -0.39 is 18.0 Å². The normalized spacial score (nSPS) is 22.0. The highest BCUT2D eigenvalue weighted by molar-refractivity contribution is 5.95. The van der Waals surface area contributed by atoms with Gasteiger partial charge in [0.1, 0.15) is 12.1 Å². The van der Waals surface area contributed by atoms with Crippen LogP contribution in [0, 0.1) is 5.92 Å². The summed E-state index contributed by atoms with van der Waals surface area (Å²) in [6.07, 6.45) is 10.6. The average molecular weight is 639 g/mol. The highest BCUT2D eigenvalue weighted by Gasteiger charge is 2.32. The Morgan fingerprint density at radius 1 is 0.702 bits per heavy atom. The molecule has 5 rings (SSSR count). The third-order valence-corrected chi connectivity index (χ3v) is 9.68. The molecule has 8 nitrogen and oxygen atoms in total. The Balaban J connectivity index is 1.34. The van der Waals surface area contributed by atoms with Crippen molar-refractivity contribution in [3.05, 3.63) is 83.9 Å². The zero-order valence-electron chi connectivity index (χ0n) is 27.6. The largest absolute Gasteiger partial charge is 0.350 e. The fraction of sp³-hybridized carbons (Fsp3) is 0.487. The van der Waals surface area contributed by atoms with E-state index in [2.05, 4.69) is 16.0 Å². The van der Waals surface area contributed by atoms with Gasteiger partial charge in [-0.3, -0.25) is 19.2 Å². The van der Waals surface area contributed by atoms with Crippen LogP contribution in [0.3, 0.4) is 0 Å². The molecule has 0 spiro atoms. The van der Waals surface area contributed by atoms with Crippen molar-refractivity contribution in [1.82, 2.24) is 20.9 Å². The van der Waals surface area contributed by atoms with Crippen molar-refractivity contribution in [2.75, 3.05) is 13.1 Å². The first-order valence-corrected chi connectivity index (χ1v) is 17.6. The second kappa shape index (κ2) is 17.6. The predicted octanol–water partition coefficient (Wildman–Crippen LogP) is 5.82. The maximum absolute atomic E-state index is 14.0. The Morgan fingerprint density at radius 2 is 1.36 bits per heavy atom. The first-order chi connectivity index (χ1) is 23.0. The molecule has 0 aromatic heterocycles. The Kier molecular flexibility index (Phi) is 12.8. The third-order valence-electron chi connectivity index (χ3n) is 9.68. The zero-order valence-corrected chi connectivity index (χ0v) is 27.6. The second-order valence-electron chi connectivity index (χ2n) is 13.2. The molecule has 250 valence electrons. The molecule has 0 saturated carbocycles. The van der Waals surface area contributed by atoms with Crippen LogP contribution in [0.2, 0.25) is 0 Å². The van der Waals surface area contributed by atoms with E-state index in [-0.39, 0.29) is 30.1 Å². The lowest BCUT2D eigenvalue weighted by Gasteiger charge is -2.26. The van der Waals surface area contributed by atoms with Gasteiger partial charge in [0.15, 0.2) is 0 Å². The van der Waals surface area contributed by atoms with Gasteiger partial charge in [-0.2, -0.15) is 0 Å². The lowest BCUT2D eigenvalue weighted by atomic mass is 9.92. The minimum Gasteiger partial charge on any atom is -0.350 e. The van der Waals surface area contributed by atoms with E-state index in [1.165, 1.54) is 0 Å². The molecule has 0 radical (unpaired) electrons. The Morgan fingerprint density at radius 3 is 2.13 bits per heavy atom. The molecule has 8 heteroatoms. The number of fused-ring (bicyclic) bond motifs is 1. The summed E-state index contributed by atoms with van der Waals surface area (Å²) in [6, 6.07) is 22.2. The number of rotatable bonds is 7. The molecule has 3 atom stereocenters. The second-order valence-corrected chi connectivity index (χ2v) is 13.2. The Labute approximate surface area is 279 Å². The Hall–Kier alpha value is -4.20. The van der Waals surface area contributed by atoms with Crippen LogP contribution < -0.4 is 16.0 Å². The molecule has 2 aliphatic heterocycles. The maximum atomic E-state index is 14.0. The number of nitrogens with zero attached hydrogens (tertiary/aromatic N) is 1. The minimum atomic E-state index is -1.06. The Bertz CT molecular complexity index is 1480. The molecule has 2 heterocycles. The third kappa shape index (κ3) is 10.1. The maximum Gasteiger partial charge on any atom is 0.243 e. The van der Waals surface area contributed by atoms with Gasteiger partial charge in [-0.25, -0.2) is 0 Å². The first-order valence-electron chi connectivity index (χ1n) is 17.6. The van der Waals surface area contributed by atoms with E-state index in [0.29, 0.717) is 38.9 Å². The van der Waals surface area contributed by atoms with Gasteiger partial charge in [-0.1, -0.05) is 118 Å². The highest BCUT2D eigenvalue weighted by atomic mass is 16.2. The number of hydrogen-bond donors (Lipinski definition) is 3. The smallest absolute Gasteiger partial charge is 0.243 e. The first kappa shape index (κ1) is 34.1. The van der Waals surface area contributed by atoms with Crippen molar-refractivity contribution in [2.24, 2.45) is 5.92 Å². The monoisotopic (exact) mass is 638 g/mol. The molecule has 4 amide bonds. The summed E-state index contributed by atoms with van der Waals surface area (Å²) in [4.78, 5) is 56.5. The summed E-state index contributed by atoms with van der Waals surface area (Å²) in [6.45, 7) is 1.66. The topological polar surface area (TPSA) is 108 Å². The quantitative estimate of drug-likeness (QED) is 0.303. The van der Waals surface area contributed by atoms with Crippen molar-refractivity contribution < 1.29 is 19.2 Å². The number of amides is 4. The number of benzene rings is 3. The number of carbonyl (C=O) groups excluding carboxylic acids is 4. The molecule has 0 bridgehead atoms. The van der Waals surface area contributed by atoms with Crippen LogP contribution in [0.4, 0.5) is 0 Å². The van der Waals surface area contributed by atoms with Crippen LogP contribution in [0.25, 0.3) is 10.8 Å². The average Bonchev–Trinajstić information content (AvgIpc) is 3.64. The van der Waals surface area contributed by atoms with E-state index in [1.807, 2.05) is 72.8 Å². The lowest BCUT2D eigenvalue weighted by molar-refractivity contribution is -0.137. The summed E-state index contributed by atoms with van der Waals surface area (Å²) in [5.41, 5.74) is 2.07. The van der Waals surface area contributed by atoms with Gasteiger partial charge < -0.3 is 20.9 Å². The minimum absolute atomic E-state index is 0.125. The molecule has 2 fully saturated rings. The number of nitrogens with one attached hydrogen (secondary N) is 3. The van der Waals surface area contributed by atoms with Crippen molar-refractivity contribution in [3.8, 4) is 0 Å². The van der Waals surface area contributed by atoms with Gasteiger partial charge in [-0.05, 0) is 54.0 Å². The van der Waals surface area contributed by atoms with E-state index in [9.17, 15) is 19.2 Å². The molecular formula is C39H50N4O4. The van der Waals surface area contributed by atoms with Crippen LogP contribution in [-0.2, 0) is 32.1 Å². The van der Waals surface area contributed by atoms with Crippen LogP contribution in [0.15, 0.2) is 72.8 Å². The van der Waals surface area contributed by atoms with Gasteiger partial charge in [0.25, 0.3) is 0 Å². The predicted molar refractivity (Wildman–Crippen MR) is 185 cm³/mol. The zero-order chi connectivity index (χ0) is 32.8. The molecule has 2 saturated heterocycles. The van der Waals surface area contributed by atoms with Crippen molar-refractivity contribution >= 4 is 34.4 Å². The van der Waals surface area contributed by atoms with Gasteiger partial charge >= 0.3 is 0 Å². The highest BCUT2D eigenvalue weighted by Crippen LogP contribution is 2.21. The lowest BCUT2D eigenvalue weighted by Crippen LogP contribution is -2.55. The molecular weight excluding hydrogens is 588 g/mol. The molecule has 3 aromatic rings. The molecule has 0 unspecified atom stereocenters. The van der Waals surface area contributed by atoms with Gasteiger partial charge in [0.05, 0.1) is 6.42 Å². The molecule has 3 N–H and O–H groups in total. The van der Waals surface area contributed by atoms with Crippen LogP contribution in [0.1, 0.15) is 88.2 Å². The standard InChI is InChI=1S/C39H50N4O4/c44-36(43-24-13-14-25-43)27-35-39(47)41-34(38(46)40-28-32-21-15-20-30-18-11-12-22-33(30)32)23-10-5-3-1-2-4-9-19-31(37(45)42-35)26-29-16-7-6-8-17-29/h6-8,11-12,15-18,20-22,31,34-35H,1-5,9-10,13-14,19,23-28H2,(H,40,46)(H,41,47)(H,42,45)/t31-,34+,35-/m0/s1. The summed E-state index contributed by atoms with van der Waals surface area (Å²) >= 11 is 0. The van der Waals surface area contributed by atoms with E-state index in [0.717, 1.165) is 79.7 Å². The van der Waals surface area contributed by atoms with Gasteiger partial charge in [0, 0.05) is 25.6 Å². The fourth-order valence-corrected chi connectivity index (χ4v) is 6.91. The van der Waals surface area contributed by atoms with E-state index in [1.54, 1.807) is 4.90 Å². The van der Waals surface area contributed by atoms with Crippen molar-refractivity contribution in [2.45, 2.75) is 102 Å². The molecule has 0 aliphatic carbocycles. The van der Waals surface area contributed by atoms with Gasteiger partial charge in [0.2, 0.25) is 23.6 Å². The van der Waals surface area contributed by atoms with E-state index >= 15 is 0 Å². The van der Waals surface area contributed by atoms with Crippen LogP contribution in [0.5, 0.6) is 0 Å². The SMILES string of the molecule is O=C1N[C@@H](CC(=O)N2CCCC2)C(=O)N[C@@H](C(=O)NCc2cccc3ccccc23)CCCCCCCCC[C@H]1Cc1ccccc1. The summed E-state index contributed by atoms with van der Waals surface area (Å²) in [7, 11) is 0. The van der Waals surface area contributed by atoms with Crippen molar-refractivity contribution in [3.63, 3.8) is 0 Å². The molecule has 2 aliphatic rings. The number of likely N-dealkylation sites (tertiary alicyclic amines) is 1. The number of carbonyl (C=O) groups is 4. The molecule has 3 aromatic carbocycles. The fourth-order valence-electron chi connectivity index (χ4n) is 6.91. The number of hydrogen-bond acceptors (Lipinski definition) is 4. The summed E-state index contributed by atoms with van der Waals surface area (Å²) in [5, 5.41) is 11.2. The molecule has 47 heavy (non-hydrogen) atoms. The van der Waals surface area contributed by atoms with Gasteiger partial charge in [-0.15, -0.1) is 0 Å². The van der Waals surface area contributed by atoms with Crippen LogP contribution >= 0.6 is 0 Å². The summed E-state index contributed by atoms with van der Waals surface area (Å²) < 4.78 is 0. The van der Waals surface area contributed by atoms with E-state index in [4.69, 9.17) is 0 Å². The van der Waals surface area contributed by atoms with Crippen molar-refractivity contribution in [1.29, 1.82) is 0 Å².